The van der Waals surface area contributed by atoms with Gasteiger partial charge in [-0.1, -0.05) is 0 Å². The highest BCUT2D eigenvalue weighted by molar-refractivity contribution is 5.75. The van der Waals surface area contributed by atoms with Gasteiger partial charge in [-0.05, 0) is 42.5 Å². The molecule has 0 aliphatic carbocycles. The van der Waals surface area contributed by atoms with Crippen LogP contribution in [0.5, 0.6) is 11.5 Å². The molecule has 26 heavy (non-hydrogen) atoms. The molecular weight excluding hydrogens is 338 g/mol. The number of amides is 1. The van der Waals surface area contributed by atoms with Crippen molar-refractivity contribution >= 4 is 5.91 Å². The topological polar surface area (TPSA) is 104 Å². The highest BCUT2D eigenvalue weighted by Gasteiger charge is 2.12. The number of ether oxygens (including phenoxy) is 2. The van der Waals surface area contributed by atoms with Gasteiger partial charge in [-0.3, -0.25) is 4.79 Å². The van der Waals surface area contributed by atoms with Crippen LogP contribution >= 0.6 is 0 Å². The molecule has 2 aromatic heterocycles. The summed E-state index contributed by atoms with van der Waals surface area (Å²) in [5.41, 5.74) is 0.719. The standard InChI is InChI=1S/C17H19N5O4/c1-3-25-15-9-12(6-7-14(15)24-2)17-19-21-22(20-17)11-16(23)18-10-13-5-4-8-26-13/h4-9H,3,10-11H2,1-2H3,(H,18,23). The second kappa shape index (κ2) is 8.15. The Morgan fingerprint density at radius 3 is 2.92 bits per heavy atom. The average Bonchev–Trinajstić information content (AvgIpc) is 3.32. The lowest BCUT2D eigenvalue weighted by Gasteiger charge is -2.09. The third-order valence-electron chi connectivity index (χ3n) is 3.50. The molecule has 3 rings (SSSR count). The Labute approximate surface area is 149 Å². The summed E-state index contributed by atoms with van der Waals surface area (Å²) >= 11 is 0. The zero-order chi connectivity index (χ0) is 18.4. The molecule has 0 unspecified atom stereocenters. The molecule has 0 bridgehead atoms. The Morgan fingerprint density at radius 2 is 2.19 bits per heavy atom. The van der Waals surface area contributed by atoms with E-state index in [9.17, 15) is 4.79 Å². The summed E-state index contributed by atoms with van der Waals surface area (Å²) in [7, 11) is 1.58. The molecule has 0 spiro atoms. The molecule has 9 nitrogen and oxygen atoms in total. The summed E-state index contributed by atoms with van der Waals surface area (Å²) in [6, 6.07) is 8.90. The van der Waals surface area contributed by atoms with Crippen LogP contribution in [0, 0.1) is 0 Å². The van der Waals surface area contributed by atoms with Gasteiger partial charge in [-0.15, -0.1) is 10.2 Å². The number of carbonyl (C=O) groups is 1. The van der Waals surface area contributed by atoms with Gasteiger partial charge in [0.05, 0.1) is 26.5 Å². The molecule has 136 valence electrons. The molecule has 0 atom stereocenters. The van der Waals surface area contributed by atoms with Crippen LogP contribution in [0.4, 0.5) is 0 Å². The van der Waals surface area contributed by atoms with Crippen molar-refractivity contribution in [2.24, 2.45) is 0 Å². The lowest BCUT2D eigenvalue weighted by molar-refractivity contribution is -0.122. The zero-order valence-electron chi connectivity index (χ0n) is 14.5. The van der Waals surface area contributed by atoms with E-state index in [1.54, 1.807) is 43.7 Å². The molecule has 9 heteroatoms. The van der Waals surface area contributed by atoms with Gasteiger partial charge in [0, 0.05) is 5.56 Å². The van der Waals surface area contributed by atoms with Gasteiger partial charge in [0.15, 0.2) is 11.5 Å². The highest BCUT2D eigenvalue weighted by Crippen LogP contribution is 2.31. The van der Waals surface area contributed by atoms with E-state index in [4.69, 9.17) is 13.9 Å². The third-order valence-corrected chi connectivity index (χ3v) is 3.50. The first-order valence-electron chi connectivity index (χ1n) is 8.07. The Balaban J connectivity index is 1.65. The number of nitrogens with one attached hydrogen (secondary N) is 1. The van der Waals surface area contributed by atoms with Crippen molar-refractivity contribution in [3.05, 3.63) is 42.4 Å². The molecule has 1 N–H and O–H groups in total. The van der Waals surface area contributed by atoms with Crippen LogP contribution in [-0.4, -0.2) is 39.8 Å². The number of rotatable bonds is 8. The lowest BCUT2D eigenvalue weighted by Crippen LogP contribution is -2.27. The monoisotopic (exact) mass is 357 g/mol. The van der Waals surface area contributed by atoms with Crippen LogP contribution < -0.4 is 14.8 Å². The van der Waals surface area contributed by atoms with E-state index in [1.165, 1.54) is 4.80 Å². The summed E-state index contributed by atoms with van der Waals surface area (Å²) in [6.45, 7) is 2.67. The predicted molar refractivity (Wildman–Crippen MR) is 91.5 cm³/mol. The first-order chi connectivity index (χ1) is 12.7. The molecule has 0 saturated carbocycles. The van der Waals surface area contributed by atoms with Crippen LogP contribution in [-0.2, 0) is 17.9 Å². The summed E-state index contributed by atoms with van der Waals surface area (Å²) in [5, 5.41) is 14.9. The SMILES string of the molecule is CCOc1cc(-c2nnn(CC(=O)NCc3ccco3)n2)ccc1OC. The molecule has 0 fully saturated rings. The molecular formula is C17H19N5O4. The Hall–Kier alpha value is -3.36. The summed E-state index contributed by atoms with van der Waals surface area (Å²) in [5.74, 6) is 2.05. The van der Waals surface area contributed by atoms with Gasteiger partial charge in [0.2, 0.25) is 11.7 Å². The molecule has 0 aliphatic heterocycles. The fourth-order valence-corrected chi connectivity index (χ4v) is 2.29. The molecule has 3 aromatic rings. The Kier molecular flexibility index (Phi) is 5.47. The minimum atomic E-state index is -0.241. The van der Waals surface area contributed by atoms with Gasteiger partial charge in [-0.25, -0.2) is 0 Å². The third kappa shape index (κ3) is 4.18. The number of hydrogen-bond donors (Lipinski definition) is 1. The molecule has 0 radical (unpaired) electrons. The van der Waals surface area contributed by atoms with E-state index in [0.717, 1.165) is 5.56 Å². The lowest BCUT2D eigenvalue weighted by atomic mass is 10.2. The van der Waals surface area contributed by atoms with Crippen LogP contribution in [0.1, 0.15) is 12.7 Å². The largest absolute Gasteiger partial charge is 0.493 e. The van der Waals surface area contributed by atoms with Crippen LogP contribution in [0.3, 0.4) is 0 Å². The fourth-order valence-electron chi connectivity index (χ4n) is 2.29. The van der Waals surface area contributed by atoms with Crippen LogP contribution in [0.15, 0.2) is 41.0 Å². The van der Waals surface area contributed by atoms with Crippen molar-refractivity contribution in [2.75, 3.05) is 13.7 Å². The number of carbonyl (C=O) groups excluding carboxylic acids is 1. The minimum Gasteiger partial charge on any atom is -0.493 e. The summed E-state index contributed by atoms with van der Waals surface area (Å²) in [4.78, 5) is 13.2. The fraction of sp³-hybridized carbons (Fsp3) is 0.294. The quantitative estimate of drug-likeness (QED) is 0.654. The second-order valence-electron chi connectivity index (χ2n) is 5.30. The Bertz CT molecular complexity index is 860. The van der Waals surface area contributed by atoms with Crippen molar-refractivity contribution in [3.63, 3.8) is 0 Å². The molecule has 0 aliphatic rings. The van der Waals surface area contributed by atoms with Gasteiger partial charge >= 0.3 is 0 Å². The summed E-state index contributed by atoms with van der Waals surface area (Å²) in [6.07, 6.45) is 1.55. The predicted octanol–water partition coefficient (Wildman–Crippen LogP) is 1.66. The molecule has 0 saturated heterocycles. The van der Waals surface area contributed by atoms with E-state index in [-0.39, 0.29) is 12.5 Å². The van der Waals surface area contributed by atoms with Crippen molar-refractivity contribution in [1.82, 2.24) is 25.5 Å². The molecule has 1 aromatic carbocycles. The number of methoxy groups -OCH3 is 1. The highest BCUT2D eigenvalue weighted by atomic mass is 16.5. The van der Waals surface area contributed by atoms with Gasteiger partial charge < -0.3 is 19.2 Å². The van der Waals surface area contributed by atoms with E-state index in [0.29, 0.717) is 36.2 Å². The average molecular weight is 357 g/mol. The minimum absolute atomic E-state index is 0.0395. The summed E-state index contributed by atoms with van der Waals surface area (Å²) < 4.78 is 16.0. The number of hydrogen-bond acceptors (Lipinski definition) is 7. The zero-order valence-corrected chi connectivity index (χ0v) is 14.5. The molecule has 2 heterocycles. The Morgan fingerprint density at radius 1 is 1.31 bits per heavy atom. The van der Waals surface area contributed by atoms with Gasteiger partial charge in [-0.2, -0.15) is 4.80 Å². The van der Waals surface area contributed by atoms with E-state index in [1.807, 2.05) is 6.92 Å². The van der Waals surface area contributed by atoms with E-state index in [2.05, 4.69) is 20.7 Å². The van der Waals surface area contributed by atoms with Gasteiger partial charge in [0.1, 0.15) is 12.3 Å². The van der Waals surface area contributed by atoms with Gasteiger partial charge in [0.25, 0.3) is 0 Å². The van der Waals surface area contributed by atoms with Crippen LogP contribution in [0.25, 0.3) is 11.4 Å². The first kappa shape index (κ1) is 17.5. The molecule has 1 amide bonds. The number of nitrogens with zero attached hydrogens (tertiary/aromatic N) is 4. The number of aromatic nitrogens is 4. The first-order valence-corrected chi connectivity index (χ1v) is 8.07. The number of benzene rings is 1. The smallest absolute Gasteiger partial charge is 0.244 e. The second-order valence-corrected chi connectivity index (χ2v) is 5.30. The van der Waals surface area contributed by atoms with Crippen molar-refractivity contribution in [1.29, 1.82) is 0 Å². The maximum absolute atomic E-state index is 12.0. The normalized spacial score (nSPS) is 10.5. The van der Waals surface area contributed by atoms with Crippen molar-refractivity contribution in [3.8, 4) is 22.9 Å². The maximum Gasteiger partial charge on any atom is 0.244 e. The van der Waals surface area contributed by atoms with E-state index < -0.39 is 0 Å². The van der Waals surface area contributed by atoms with Crippen molar-refractivity contribution in [2.45, 2.75) is 20.0 Å². The van der Waals surface area contributed by atoms with Crippen molar-refractivity contribution < 1.29 is 18.7 Å². The van der Waals surface area contributed by atoms with Crippen LogP contribution in [0.2, 0.25) is 0 Å². The maximum atomic E-state index is 12.0. The number of furan rings is 1. The number of tetrazole rings is 1. The van der Waals surface area contributed by atoms with E-state index >= 15 is 0 Å².